The molecule has 2 N–H and O–H groups in total. The van der Waals surface area contributed by atoms with Gasteiger partial charge in [0.05, 0.1) is 5.92 Å². The van der Waals surface area contributed by atoms with Crippen LogP contribution in [0.1, 0.15) is 46.0 Å². The van der Waals surface area contributed by atoms with Crippen molar-refractivity contribution in [1.82, 2.24) is 5.32 Å². The van der Waals surface area contributed by atoms with Gasteiger partial charge in [-0.05, 0) is 18.8 Å². The monoisotopic (exact) mass is 241 g/mol. The van der Waals surface area contributed by atoms with Crippen molar-refractivity contribution in [3.63, 3.8) is 0 Å². The number of carbonyl (C=O) groups is 2. The molecular formula is C13H23NO3. The number of aliphatic carboxylic acids is 1. The molecule has 0 saturated heterocycles. The first-order valence-electron chi connectivity index (χ1n) is 6.53. The van der Waals surface area contributed by atoms with Gasteiger partial charge in [-0.3, -0.25) is 9.59 Å². The van der Waals surface area contributed by atoms with Gasteiger partial charge in [0.15, 0.2) is 0 Å². The first kappa shape index (κ1) is 14.0. The Bertz CT molecular complexity index is 270. The van der Waals surface area contributed by atoms with E-state index in [1.54, 1.807) is 0 Å². The largest absolute Gasteiger partial charge is 0.481 e. The van der Waals surface area contributed by atoms with E-state index in [1.165, 1.54) is 6.42 Å². The van der Waals surface area contributed by atoms with Gasteiger partial charge >= 0.3 is 5.97 Å². The Morgan fingerprint density at radius 2 is 1.82 bits per heavy atom. The molecule has 1 atom stereocenters. The molecule has 98 valence electrons. The van der Waals surface area contributed by atoms with Crippen molar-refractivity contribution in [3.05, 3.63) is 0 Å². The van der Waals surface area contributed by atoms with Gasteiger partial charge in [-0.1, -0.05) is 33.1 Å². The van der Waals surface area contributed by atoms with E-state index in [-0.39, 0.29) is 24.3 Å². The number of nitrogens with one attached hydrogen (secondary N) is 1. The standard InChI is InChI=1S/C13H23NO3/c1-9(2)11(13(16)17)8-14-12(15)10-6-4-3-5-7-10/h9-11H,3-8H2,1-2H3,(H,14,15)(H,16,17). The third-order valence-electron chi connectivity index (χ3n) is 3.59. The Kier molecular flexibility index (Phi) is 5.45. The molecule has 0 aliphatic heterocycles. The van der Waals surface area contributed by atoms with Crippen LogP contribution in [0.2, 0.25) is 0 Å². The SMILES string of the molecule is CC(C)C(CNC(=O)C1CCCCC1)C(=O)O. The smallest absolute Gasteiger partial charge is 0.308 e. The van der Waals surface area contributed by atoms with E-state index in [1.807, 2.05) is 13.8 Å². The minimum atomic E-state index is -0.830. The summed E-state index contributed by atoms with van der Waals surface area (Å²) in [6, 6.07) is 0. The second kappa shape index (κ2) is 6.62. The molecule has 1 aliphatic carbocycles. The van der Waals surface area contributed by atoms with Crippen LogP contribution in [0.3, 0.4) is 0 Å². The Hall–Kier alpha value is -1.06. The summed E-state index contributed by atoms with van der Waals surface area (Å²) in [5.74, 6) is -1.13. The predicted molar refractivity (Wildman–Crippen MR) is 65.5 cm³/mol. The highest BCUT2D eigenvalue weighted by atomic mass is 16.4. The van der Waals surface area contributed by atoms with Gasteiger partial charge in [0.25, 0.3) is 0 Å². The zero-order valence-corrected chi connectivity index (χ0v) is 10.7. The lowest BCUT2D eigenvalue weighted by Crippen LogP contribution is -2.39. The zero-order chi connectivity index (χ0) is 12.8. The summed E-state index contributed by atoms with van der Waals surface area (Å²) < 4.78 is 0. The van der Waals surface area contributed by atoms with Gasteiger partial charge in [-0.25, -0.2) is 0 Å². The van der Waals surface area contributed by atoms with Gasteiger partial charge in [0.2, 0.25) is 5.91 Å². The summed E-state index contributed by atoms with van der Waals surface area (Å²) >= 11 is 0. The van der Waals surface area contributed by atoms with E-state index >= 15 is 0 Å². The molecule has 17 heavy (non-hydrogen) atoms. The van der Waals surface area contributed by atoms with E-state index in [4.69, 9.17) is 5.11 Å². The highest BCUT2D eigenvalue weighted by Gasteiger charge is 2.25. The van der Waals surface area contributed by atoms with Crippen molar-refractivity contribution in [2.24, 2.45) is 17.8 Å². The van der Waals surface area contributed by atoms with E-state index in [0.29, 0.717) is 0 Å². The number of rotatable bonds is 5. The second-order valence-corrected chi connectivity index (χ2v) is 5.27. The van der Waals surface area contributed by atoms with E-state index < -0.39 is 11.9 Å². The lowest BCUT2D eigenvalue weighted by atomic mass is 9.88. The number of hydrogen-bond acceptors (Lipinski definition) is 2. The van der Waals surface area contributed by atoms with Crippen LogP contribution in [0.4, 0.5) is 0 Å². The second-order valence-electron chi connectivity index (χ2n) is 5.27. The highest BCUT2D eigenvalue weighted by molar-refractivity contribution is 5.79. The topological polar surface area (TPSA) is 66.4 Å². The van der Waals surface area contributed by atoms with Gasteiger partial charge in [0, 0.05) is 12.5 Å². The molecule has 1 amide bonds. The molecule has 1 unspecified atom stereocenters. The van der Waals surface area contributed by atoms with Crippen LogP contribution in [0.25, 0.3) is 0 Å². The molecule has 4 nitrogen and oxygen atoms in total. The van der Waals surface area contributed by atoms with E-state index in [9.17, 15) is 9.59 Å². The Morgan fingerprint density at radius 1 is 1.24 bits per heavy atom. The van der Waals surface area contributed by atoms with Crippen molar-refractivity contribution in [2.75, 3.05) is 6.54 Å². The van der Waals surface area contributed by atoms with Crippen LogP contribution in [-0.2, 0) is 9.59 Å². The molecule has 0 bridgehead atoms. The Labute approximate surface area is 103 Å². The summed E-state index contributed by atoms with van der Waals surface area (Å²) in [4.78, 5) is 22.8. The molecule has 0 aromatic carbocycles. The quantitative estimate of drug-likeness (QED) is 0.774. The maximum absolute atomic E-state index is 11.8. The normalized spacial score (nSPS) is 19.0. The number of hydrogen-bond donors (Lipinski definition) is 2. The average molecular weight is 241 g/mol. The average Bonchev–Trinajstić information content (AvgIpc) is 2.29. The van der Waals surface area contributed by atoms with E-state index in [0.717, 1.165) is 25.7 Å². The molecule has 1 saturated carbocycles. The molecule has 0 radical (unpaired) electrons. The van der Waals surface area contributed by atoms with Crippen LogP contribution in [0, 0.1) is 17.8 Å². The minimum Gasteiger partial charge on any atom is -0.481 e. The van der Waals surface area contributed by atoms with Crippen LogP contribution >= 0.6 is 0 Å². The molecule has 1 fully saturated rings. The van der Waals surface area contributed by atoms with Crippen LogP contribution in [0.15, 0.2) is 0 Å². The molecule has 0 spiro atoms. The van der Waals surface area contributed by atoms with Gasteiger partial charge in [0.1, 0.15) is 0 Å². The van der Waals surface area contributed by atoms with Crippen molar-refractivity contribution in [2.45, 2.75) is 46.0 Å². The summed E-state index contributed by atoms with van der Waals surface area (Å²) in [6.07, 6.45) is 5.35. The number of amides is 1. The predicted octanol–water partition coefficient (Wildman–Crippen LogP) is 2.04. The van der Waals surface area contributed by atoms with Crippen molar-refractivity contribution < 1.29 is 14.7 Å². The summed E-state index contributed by atoms with van der Waals surface area (Å²) in [5, 5.41) is 11.8. The Morgan fingerprint density at radius 3 is 2.29 bits per heavy atom. The summed E-state index contributed by atoms with van der Waals surface area (Å²) in [6.45, 7) is 3.99. The third kappa shape index (κ3) is 4.36. The number of carboxylic acids is 1. The molecular weight excluding hydrogens is 218 g/mol. The third-order valence-corrected chi connectivity index (χ3v) is 3.59. The summed E-state index contributed by atoms with van der Waals surface area (Å²) in [5.41, 5.74) is 0. The molecule has 4 heteroatoms. The fourth-order valence-electron chi connectivity index (χ4n) is 2.33. The fraction of sp³-hybridized carbons (Fsp3) is 0.846. The maximum Gasteiger partial charge on any atom is 0.308 e. The van der Waals surface area contributed by atoms with Gasteiger partial charge < -0.3 is 10.4 Å². The van der Waals surface area contributed by atoms with Gasteiger partial charge in [-0.2, -0.15) is 0 Å². The molecule has 0 aromatic rings. The van der Waals surface area contributed by atoms with Crippen LogP contribution < -0.4 is 5.32 Å². The lowest BCUT2D eigenvalue weighted by Gasteiger charge is -2.22. The van der Waals surface area contributed by atoms with Crippen molar-refractivity contribution in [1.29, 1.82) is 0 Å². The maximum atomic E-state index is 11.8. The zero-order valence-electron chi connectivity index (χ0n) is 10.7. The van der Waals surface area contributed by atoms with Crippen LogP contribution in [-0.4, -0.2) is 23.5 Å². The fourth-order valence-corrected chi connectivity index (χ4v) is 2.33. The first-order chi connectivity index (χ1) is 8.02. The van der Waals surface area contributed by atoms with Crippen LogP contribution in [0.5, 0.6) is 0 Å². The Balaban J connectivity index is 2.37. The molecule has 1 aliphatic rings. The summed E-state index contributed by atoms with van der Waals surface area (Å²) in [7, 11) is 0. The number of carbonyl (C=O) groups excluding carboxylic acids is 1. The minimum absolute atomic E-state index is 0.0385. The molecule has 0 aromatic heterocycles. The van der Waals surface area contributed by atoms with E-state index in [2.05, 4.69) is 5.32 Å². The lowest BCUT2D eigenvalue weighted by molar-refractivity contribution is -0.143. The number of carboxylic acid groups (broad SMARTS) is 1. The van der Waals surface area contributed by atoms with Crippen molar-refractivity contribution in [3.8, 4) is 0 Å². The first-order valence-corrected chi connectivity index (χ1v) is 6.53. The van der Waals surface area contributed by atoms with Crippen molar-refractivity contribution >= 4 is 11.9 Å². The molecule has 0 heterocycles. The highest BCUT2D eigenvalue weighted by Crippen LogP contribution is 2.23. The molecule has 1 rings (SSSR count). The van der Waals surface area contributed by atoms with Gasteiger partial charge in [-0.15, -0.1) is 0 Å².